The van der Waals surface area contributed by atoms with Crippen LogP contribution in [-0.2, 0) is 9.47 Å². The van der Waals surface area contributed by atoms with Crippen molar-refractivity contribution in [1.82, 2.24) is 0 Å². The molecule has 0 saturated heterocycles. The lowest BCUT2D eigenvalue weighted by atomic mass is 10.2. The largest absolute Gasteiger partial charge is 0.490 e. The van der Waals surface area contributed by atoms with E-state index in [1.165, 1.54) is 0 Å². The average Bonchev–Trinajstić information content (AvgIpc) is 2.28. The second-order valence-electron chi connectivity index (χ2n) is 2.54. The normalized spacial score (nSPS) is 21.8. The summed E-state index contributed by atoms with van der Waals surface area (Å²) in [7, 11) is 0. The van der Waals surface area contributed by atoms with Gasteiger partial charge in [-0.05, 0) is 18.6 Å². The number of hydrogen-bond donors (Lipinski definition) is 0. The minimum absolute atomic E-state index is 0.812. The molecule has 0 radical (unpaired) electrons. The van der Waals surface area contributed by atoms with Crippen molar-refractivity contribution in [3.05, 3.63) is 36.0 Å². The molecule has 0 atom stereocenters. The Labute approximate surface area is 65.8 Å². The molecule has 0 aromatic carbocycles. The maximum atomic E-state index is 5.39. The first-order valence-electron chi connectivity index (χ1n) is 3.82. The molecule has 0 amide bonds. The predicted molar refractivity (Wildman–Crippen MR) is 41.6 cm³/mol. The Morgan fingerprint density at radius 1 is 1.27 bits per heavy atom. The van der Waals surface area contributed by atoms with Crippen molar-refractivity contribution in [2.24, 2.45) is 0 Å². The molecule has 0 aliphatic carbocycles. The van der Waals surface area contributed by atoms with E-state index in [4.69, 9.17) is 9.47 Å². The summed E-state index contributed by atoms with van der Waals surface area (Å²) in [5.41, 5.74) is 0. The van der Waals surface area contributed by atoms with Crippen LogP contribution < -0.4 is 0 Å². The molecule has 0 fully saturated rings. The third-order valence-corrected chi connectivity index (χ3v) is 1.73. The Bertz CT molecular complexity index is 236. The molecule has 0 aromatic rings. The molecule has 2 heteroatoms. The molecule has 2 aliphatic rings. The molecule has 0 aromatic heterocycles. The van der Waals surface area contributed by atoms with Gasteiger partial charge in [0, 0.05) is 6.42 Å². The number of hydrogen-bond acceptors (Lipinski definition) is 2. The predicted octanol–water partition coefficient (Wildman–Crippen LogP) is 2.11. The van der Waals surface area contributed by atoms with Crippen LogP contribution >= 0.6 is 0 Å². The lowest BCUT2D eigenvalue weighted by molar-refractivity contribution is 0.161. The average molecular weight is 150 g/mol. The number of ether oxygens (including phenoxy) is 2. The summed E-state index contributed by atoms with van der Waals surface area (Å²) in [6, 6.07) is 0. The lowest BCUT2D eigenvalue weighted by Crippen LogP contribution is -2.05. The highest BCUT2D eigenvalue weighted by atomic mass is 16.5. The van der Waals surface area contributed by atoms with Crippen LogP contribution in [0.4, 0.5) is 0 Å². The number of allylic oxidation sites excluding steroid dienone is 4. The topological polar surface area (TPSA) is 18.5 Å². The van der Waals surface area contributed by atoms with Crippen molar-refractivity contribution < 1.29 is 9.47 Å². The Kier molecular flexibility index (Phi) is 1.68. The molecule has 0 spiro atoms. The zero-order valence-electron chi connectivity index (χ0n) is 6.25. The highest BCUT2D eigenvalue weighted by Crippen LogP contribution is 2.22. The van der Waals surface area contributed by atoms with Crippen molar-refractivity contribution in [2.45, 2.75) is 12.8 Å². The third kappa shape index (κ3) is 1.29. The van der Waals surface area contributed by atoms with Gasteiger partial charge in [0.1, 0.15) is 5.76 Å². The van der Waals surface area contributed by atoms with Crippen molar-refractivity contribution >= 4 is 0 Å². The van der Waals surface area contributed by atoms with Crippen molar-refractivity contribution in [3.63, 3.8) is 0 Å². The Morgan fingerprint density at radius 3 is 3.27 bits per heavy atom. The van der Waals surface area contributed by atoms with E-state index in [2.05, 4.69) is 0 Å². The summed E-state index contributed by atoms with van der Waals surface area (Å²) in [6.07, 6.45) is 9.46. The summed E-state index contributed by atoms with van der Waals surface area (Å²) in [6.45, 7) is 0.812. The van der Waals surface area contributed by atoms with Gasteiger partial charge in [-0.15, -0.1) is 0 Å². The van der Waals surface area contributed by atoms with Gasteiger partial charge in [-0.2, -0.15) is 0 Å². The van der Waals surface area contributed by atoms with Crippen LogP contribution in [0.3, 0.4) is 0 Å². The van der Waals surface area contributed by atoms with Crippen molar-refractivity contribution in [1.29, 1.82) is 0 Å². The van der Waals surface area contributed by atoms with Crippen molar-refractivity contribution in [3.8, 4) is 0 Å². The van der Waals surface area contributed by atoms with Crippen LogP contribution in [0.25, 0.3) is 0 Å². The smallest absolute Gasteiger partial charge is 0.157 e. The van der Waals surface area contributed by atoms with Gasteiger partial charge in [0.2, 0.25) is 0 Å². The molecular formula is C9H10O2. The SMILES string of the molecule is C1=COC2=C(C=C1)OCCC2. The van der Waals surface area contributed by atoms with Gasteiger partial charge in [0.25, 0.3) is 0 Å². The summed E-state index contributed by atoms with van der Waals surface area (Å²) < 4.78 is 10.7. The van der Waals surface area contributed by atoms with E-state index in [1.54, 1.807) is 6.26 Å². The number of rotatable bonds is 0. The minimum Gasteiger partial charge on any atom is -0.490 e. The molecule has 11 heavy (non-hydrogen) atoms. The molecule has 0 bridgehead atoms. The van der Waals surface area contributed by atoms with E-state index in [9.17, 15) is 0 Å². The van der Waals surface area contributed by atoms with Gasteiger partial charge >= 0.3 is 0 Å². The fourth-order valence-electron chi connectivity index (χ4n) is 1.19. The second kappa shape index (κ2) is 2.82. The maximum absolute atomic E-state index is 5.39. The van der Waals surface area contributed by atoms with Gasteiger partial charge in [-0.3, -0.25) is 0 Å². The first-order chi connectivity index (χ1) is 5.47. The van der Waals surface area contributed by atoms with E-state index in [-0.39, 0.29) is 0 Å². The van der Waals surface area contributed by atoms with E-state index in [0.717, 1.165) is 31.0 Å². The molecule has 2 rings (SSSR count). The monoisotopic (exact) mass is 150 g/mol. The maximum Gasteiger partial charge on any atom is 0.157 e. The molecular weight excluding hydrogens is 140 g/mol. The van der Waals surface area contributed by atoms with Crippen LogP contribution in [0.2, 0.25) is 0 Å². The molecule has 0 saturated carbocycles. The quantitative estimate of drug-likeness (QED) is 0.526. The van der Waals surface area contributed by atoms with Crippen LogP contribution in [0, 0.1) is 0 Å². The van der Waals surface area contributed by atoms with Gasteiger partial charge in [0.05, 0.1) is 12.9 Å². The Morgan fingerprint density at radius 2 is 2.27 bits per heavy atom. The summed E-state index contributed by atoms with van der Waals surface area (Å²) >= 11 is 0. The van der Waals surface area contributed by atoms with E-state index in [1.807, 2.05) is 18.2 Å². The van der Waals surface area contributed by atoms with Gasteiger partial charge in [0.15, 0.2) is 5.76 Å². The zero-order valence-corrected chi connectivity index (χ0v) is 6.25. The summed E-state index contributed by atoms with van der Waals surface area (Å²) in [5.74, 6) is 1.85. The van der Waals surface area contributed by atoms with E-state index in [0.29, 0.717) is 0 Å². The van der Waals surface area contributed by atoms with Crippen LogP contribution in [0.15, 0.2) is 36.0 Å². The lowest BCUT2D eigenvalue weighted by Gasteiger charge is -2.16. The molecule has 2 heterocycles. The highest BCUT2D eigenvalue weighted by molar-refractivity contribution is 5.23. The summed E-state index contributed by atoms with van der Waals surface area (Å²) in [5, 5.41) is 0. The second-order valence-corrected chi connectivity index (χ2v) is 2.54. The molecule has 0 unspecified atom stereocenters. The Hall–Kier alpha value is -1.18. The first-order valence-corrected chi connectivity index (χ1v) is 3.82. The van der Waals surface area contributed by atoms with Crippen LogP contribution in [-0.4, -0.2) is 6.61 Å². The van der Waals surface area contributed by atoms with Crippen LogP contribution in [0.5, 0.6) is 0 Å². The van der Waals surface area contributed by atoms with Crippen molar-refractivity contribution in [2.75, 3.05) is 6.61 Å². The van der Waals surface area contributed by atoms with Crippen LogP contribution in [0.1, 0.15) is 12.8 Å². The minimum atomic E-state index is 0.812. The highest BCUT2D eigenvalue weighted by Gasteiger charge is 2.12. The van der Waals surface area contributed by atoms with E-state index >= 15 is 0 Å². The van der Waals surface area contributed by atoms with Gasteiger partial charge in [-0.1, -0.05) is 6.08 Å². The fraction of sp³-hybridized carbons (Fsp3) is 0.333. The fourth-order valence-corrected chi connectivity index (χ4v) is 1.19. The summed E-state index contributed by atoms with van der Waals surface area (Å²) in [4.78, 5) is 0. The molecule has 2 aliphatic heterocycles. The molecule has 0 N–H and O–H groups in total. The zero-order chi connectivity index (χ0) is 7.52. The Balaban J connectivity index is 2.26. The van der Waals surface area contributed by atoms with E-state index < -0.39 is 0 Å². The standard InChI is InChI=1S/C9H10O2/c1-2-6-10-9-5-3-7-11-8(9)4-1/h1-2,4,6H,3,5,7H2. The van der Waals surface area contributed by atoms with Gasteiger partial charge < -0.3 is 9.47 Å². The van der Waals surface area contributed by atoms with Gasteiger partial charge in [-0.25, -0.2) is 0 Å². The third-order valence-electron chi connectivity index (χ3n) is 1.73. The molecule has 58 valence electrons. The first kappa shape index (κ1) is 6.53. The molecule has 2 nitrogen and oxygen atoms in total.